The van der Waals surface area contributed by atoms with Gasteiger partial charge in [-0.15, -0.1) is 13.2 Å². The zero-order chi connectivity index (χ0) is 20.8. The Balaban J connectivity index is 1.49. The zero-order valence-corrected chi connectivity index (χ0v) is 15.5. The van der Waals surface area contributed by atoms with E-state index in [2.05, 4.69) is 9.47 Å². The lowest BCUT2D eigenvalue weighted by atomic mass is 10.1. The highest BCUT2D eigenvalue weighted by Crippen LogP contribution is 2.49. The summed E-state index contributed by atoms with van der Waals surface area (Å²) < 4.78 is 66.9. The van der Waals surface area contributed by atoms with E-state index in [9.17, 15) is 22.4 Å². The number of benzene rings is 2. The predicted molar refractivity (Wildman–Crippen MR) is 94.1 cm³/mol. The maximum absolute atomic E-state index is 14.5. The van der Waals surface area contributed by atoms with Crippen molar-refractivity contribution in [3.63, 3.8) is 0 Å². The molecule has 4 nitrogen and oxygen atoms in total. The van der Waals surface area contributed by atoms with E-state index in [1.807, 2.05) is 0 Å². The Kier molecular flexibility index (Phi) is 4.88. The molecule has 2 aromatic carbocycles. The van der Waals surface area contributed by atoms with Crippen molar-refractivity contribution < 1.29 is 36.6 Å². The van der Waals surface area contributed by atoms with Gasteiger partial charge in [0.15, 0.2) is 0 Å². The molecule has 154 valence electrons. The van der Waals surface area contributed by atoms with Crippen LogP contribution >= 0.6 is 0 Å². The van der Waals surface area contributed by atoms with Crippen LogP contribution in [0.2, 0.25) is 0 Å². The molecule has 1 saturated carbocycles. The molecule has 3 atom stereocenters. The SMILES string of the molecule is COC(=O)[C@@H]1C[C@H]1c1ccc(O[C@@H]2CCc3c(OC(F)(F)F)cccc32)cc1F. The summed E-state index contributed by atoms with van der Waals surface area (Å²) in [7, 11) is 1.30. The quantitative estimate of drug-likeness (QED) is 0.510. The second kappa shape index (κ2) is 7.24. The van der Waals surface area contributed by atoms with Gasteiger partial charge >= 0.3 is 12.3 Å². The number of methoxy groups -OCH3 is 1. The molecule has 0 amide bonds. The van der Waals surface area contributed by atoms with Gasteiger partial charge in [0, 0.05) is 17.5 Å². The minimum Gasteiger partial charge on any atom is -0.486 e. The van der Waals surface area contributed by atoms with E-state index in [1.165, 1.54) is 25.3 Å². The molecule has 4 rings (SSSR count). The number of esters is 1. The fourth-order valence-electron chi connectivity index (χ4n) is 3.92. The van der Waals surface area contributed by atoms with Crippen molar-refractivity contribution in [1.82, 2.24) is 0 Å². The van der Waals surface area contributed by atoms with Crippen LogP contribution in [0.5, 0.6) is 11.5 Å². The average molecular weight is 410 g/mol. The van der Waals surface area contributed by atoms with Crippen molar-refractivity contribution in [2.24, 2.45) is 5.92 Å². The summed E-state index contributed by atoms with van der Waals surface area (Å²) >= 11 is 0. The third-order valence-corrected chi connectivity index (χ3v) is 5.34. The molecular formula is C21H18F4O4. The van der Waals surface area contributed by atoms with Gasteiger partial charge in [-0.2, -0.15) is 0 Å². The largest absolute Gasteiger partial charge is 0.573 e. The van der Waals surface area contributed by atoms with Gasteiger partial charge in [0.2, 0.25) is 0 Å². The molecule has 2 aliphatic rings. The Hall–Kier alpha value is -2.77. The van der Waals surface area contributed by atoms with Crippen molar-refractivity contribution >= 4 is 5.97 Å². The number of hydrogen-bond acceptors (Lipinski definition) is 4. The van der Waals surface area contributed by atoms with E-state index in [-0.39, 0.29) is 29.3 Å². The van der Waals surface area contributed by atoms with E-state index < -0.39 is 18.3 Å². The summed E-state index contributed by atoms with van der Waals surface area (Å²) in [4.78, 5) is 11.5. The summed E-state index contributed by atoms with van der Waals surface area (Å²) in [5.41, 5.74) is 1.48. The lowest BCUT2D eigenvalue weighted by molar-refractivity contribution is -0.274. The molecule has 0 radical (unpaired) electrons. The van der Waals surface area contributed by atoms with Crippen molar-refractivity contribution in [3.8, 4) is 11.5 Å². The second-order valence-corrected chi connectivity index (χ2v) is 7.17. The van der Waals surface area contributed by atoms with E-state index in [1.54, 1.807) is 18.2 Å². The van der Waals surface area contributed by atoms with Crippen molar-refractivity contribution in [3.05, 3.63) is 58.9 Å². The first-order chi connectivity index (χ1) is 13.8. The molecule has 0 N–H and O–H groups in total. The van der Waals surface area contributed by atoms with Gasteiger partial charge < -0.3 is 14.2 Å². The van der Waals surface area contributed by atoms with Gasteiger partial charge in [-0.1, -0.05) is 18.2 Å². The topological polar surface area (TPSA) is 44.8 Å². The fraction of sp³-hybridized carbons (Fsp3) is 0.381. The van der Waals surface area contributed by atoms with Gasteiger partial charge in [0.25, 0.3) is 0 Å². The number of hydrogen-bond donors (Lipinski definition) is 0. The van der Waals surface area contributed by atoms with Crippen molar-refractivity contribution in [2.75, 3.05) is 7.11 Å². The highest BCUT2D eigenvalue weighted by Gasteiger charge is 2.46. The summed E-state index contributed by atoms with van der Waals surface area (Å²) in [6.45, 7) is 0. The molecule has 0 saturated heterocycles. The second-order valence-electron chi connectivity index (χ2n) is 7.17. The van der Waals surface area contributed by atoms with Crippen LogP contribution in [0.4, 0.5) is 17.6 Å². The molecule has 29 heavy (non-hydrogen) atoms. The van der Waals surface area contributed by atoms with Gasteiger partial charge in [-0.05, 0) is 42.5 Å². The van der Waals surface area contributed by atoms with Gasteiger partial charge in [-0.3, -0.25) is 4.79 Å². The fourth-order valence-corrected chi connectivity index (χ4v) is 3.92. The maximum Gasteiger partial charge on any atom is 0.573 e. The zero-order valence-electron chi connectivity index (χ0n) is 15.5. The molecule has 2 aromatic rings. The van der Waals surface area contributed by atoms with Crippen LogP contribution in [0.3, 0.4) is 0 Å². The number of carbonyl (C=O) groups is 1. The normalized spacial score (nSPS) is 22.7. The van der Waals surface area contributed by atoms with Crippen LogP contribution in [-0.2, 0) is 16.0 Å². The first-order valence-corrected chi connectivity index (χ1v) is 9.18. The van der Waals surface area contributed by atoms with Gasteiger partial charge in [-0.25, -0.2) is 4.39 Å². The third-order valence-electron chi connectivity index (χ3n) is 5.34. The van der Waals surface area contributed by atoms with E-state index in [0.29, 0.717) is 36.0 Å². The Bertz CT molecular complexity index is 941. The minimum absolute atomic E-state index is 0.203. The van der Waals surface area contributed by atoms with Gasteiger partial charge in [0.05, 0.1) is 13.0 Å². The number of carbonyl (C=O) groups excluding carboxylic acids is 1. The number of alkyl halides is 3. The summed E-state index contributed by atoms with van der Waals surface area (Å²) in [6, 6.07) is 8.88. The van der Waals surface area contributed by atoms with E-state index in [0.717, 1.165) is 0 Å². The molecule has 0 spiro atoms. The van der Waals surface area contributed by atoms with Crippen LogP contribution in [0.1, 0.15) is 41.6 Å². The Morgan fingerprint density at radius 2 is 1.93 bits per heavy atom. The molecule has 2 aliphatic carbocycles. The molecule has 1 fully saturated rings. The Morgan fingerprint density at radius 1 is 1.14 bits per heavy atom. The number of rotatable bonds is 5. The highest BCUT2D eigenvalue weighted by atomic mass is 19.4. The third kappa shape index (κ3) is 4.02. The van der Waals surface area contributed by atoms with Crippen LogP contribution in [0.15, 0.2) is 36.4 Å². The monoisotopic (exact) mass is 410 g/mol. The van der Waals surface area contributed by atoms with Crippen LogP contribution in [0.25, 0.3) is 0 Å². The predicted octanol–water partition coefficient (Wildman–Crippen LogP) is 5.07. The first-order valence-electron chi connectivity index (χ1n) is 9.18. The van der Waals surface area contributed by atoms with Crippen LogP contribution in [0, 0.1) is 11.7 Å². The molecular weight excluding hydrogens is 392 g/mol. The molecule has 0 aliphatic heterocycles. The van der Waals surface area contributed by atoms with Crippen molar-refractivity contribution in [1.29, 1.82) is 0 Å². The number of ether oxygens (including phenoxy) is 3. The standard InChI is InChI=1S/C21H18F4O4/c1-27-20(26)16-10-15(16)12-6-5-11(9-17(12)22)28-18-8-7-14-13(18)3-2-4-19(14)29-21(23,24)25/h2-6,9,15-16,18H,7-8,10H2,1H3/t15-,16+,18+/m0/s1. The van der Waals surface area contributed by atoms with E-state index in [4.69, 9.17) is 4.74 Å². The highest BCUT2D eigenvalue weighted by molar-refractivity contribution is 5.77. The maximum atomic E-state index is 14.5. The van der Waals surface area contributed by atoms with Gasteiger partial charge in [0.1, 0.15) is 23.4 Å². The molecule has 0 bridgehead atoms. The van der Waals surface area contributed by atoms with Crippen LogP contribution < -0.4 is 9.47 Å². The first kappa shape index (κ1) is 19.5. The minimum atomic E-state index is -4.77. The lowest BCUT2D eigenvalue weighted by Crippen LogP contribution is -2.18. The Labute approximate surface area is 164 Å². The Morgan fingerprint density at radius 3 is 2.62 bits per heavy atom. The summed E-state index contributed by atoms with van der Waals surface area (Å²) in [6.07, 6.45) is -3.88. The molecule has 0 unspecified atom stereocenters. The molecule has 0 aromatic heterocycles. The molecule has 0 heterocycles. The summed E-state index contributed by atoms with van der Waals surface area (Å²) in [5.74, 6) is -1.31. The lowest BCUT2D eigenvalue weighted by Gasteiger charge is -2.17. The number of halogens is 4. The molecule has 8 heteroatoms. The average Bonchev–Trinajstić information content (AvgIpc) is 3.34. The number of fused-ring (bicyclic) bond motifs is 1. The smallest absolute Gasteiger partial charge is 0.486 e. The summed E-state index contributed by atoms with van der Waals surface area (Å²) in [5, 5.41) is 0. The van der Waals surface area contributed by atoms with Crippen LogP contribution in [-0.4, -0.2) is 19.4 Å². The van der Waals surface area contributed by atoms with Crippen molar-refractivity contribution in [2.45, 2.75) is 37.6 Å². The van der Waals surface area contributed by atoms with E-state index >= 15 is 0 Å².